The van der Waals surface area contributed by atoms with Crippen molar-refractivity contribution in [1.29, 1.82) is 0 Å². The Morgan fingerprint density at radius 1 is 1.29 bits per heavy atom. The molecule has 1 aromatic carbocycles. The van der Waals surface area contributed by atoms with Crippen LogP contribution in [-0.4, -0.2) is 23.5 Å². The largest absolute Gasteiger partial charge is 0.481 e. The van der Waals surface area contributed by atoms with Crippen molar-refractivity contribution in [3.8, 4) is 5.75 Å². The topological polar surface area (TPSA) is 63.6 Å². The lowest BCUT2D eigenvalue weighted by Gasteiger charge is -2.21. The molecule has 116 valence electrons. The molecule has 0 saturated carbocycles. The highest BCUT2D eigenvalue weighted by molar-refractivity contribution is 5.87. The zero-order chi connectivity index (χ0) is 16.0. The van der Waals surface area contributed by atoms with E-state index in [2.05, 4.69) is 4.74 Å². The van der Waals surface area contributed by atoms with Crippen LogP contribution in [0.3, 0.4) is 0 Å². The Morgan fingerprint density at radius 2 is 1.86 bits per heavy atom. The van der Waals surface area contributed by atoms with Crippen molar-refractivity contribution < 1.29 is 28.2 Å². The summed E-state index contributed by atoms with van der Waals surface area (Å²) >= 11 is 0. The number of Topliss-reactive ketones (excluding diaryl/α,β-unsaturated/α-hetero) is 1. The van der Waals surface area contributed by atoms with E-state index in [4.69, 9.17) is 5.11 Å². The zero-order valence-electron chi connectivity index (χ0n) is 11.9. The fourth-order valence-corrected chi connectivity index (χ4v) is 1.87. The lowest BCUT2D eigenvalue weighted by Crippen LogP contribution is -2.30. The zero-order valence-corrected chi connectivity index (χ0v) is 11.9. The van der Waals surface area contributed by atoms with Crippen molar-refractivity contribution in [2.45, 2.75) is 39.7 Å². The van der Waals surface area contributed by atoms with Crippen LogP contribution in [0.5, 0.6) is 5.75 Å². The van der Waals surface area contributed by atoms with Gasteiger partial charge in [0.1, 0.15) is 11.5 Å². The van der Waals surface area contributed by atoms with Crippen LogP contribution in [0.1, 0.15) is 32.3 Å². The molecule has 1 rings (SSSR count). The lowest BCUT2D eigenvalue weighted by molar-refractivity contribution is -0.150. The van der Waals surface area contributed by atoms with Gasteiger partial charge in [-0.15, -0.1) is 0 Å². The van der Waals surface area contributed by atoms with Gasteiger partial charge in [-0.1, -0.05) is 19.1 Å². The van der Waals surface area contributed by atoms with Gasteiger partial charge in [-0.05, 0) is 31.0 Å². The molecule has 6 heteroatoms. The molecule has 0 radical (unpaired) electrons. The second-order valence-corrected chi connectivity index (χ2v) is 5.13. The number of rotatable bonds is 8. The van der Waals surface area contributed by atoms with Crippen molar-refractivity contribution in [2.75, 3.05) is 0 Å². The average Bonchev–Trinajstić information content (AvgIpc) is 2.40. The van der Waals surface area contributed by atoms with Gasteiger partial charge in [0.15, 0.2) is 0 Å². The van der Waals surface area contributed by atoms with Crippen LogP contribution in [0.15, 0.2) is 24.3 Å². The van der Waals surface area contributed by atoms with Gasteiger partial charge in [0.25, 0.3) is 0 Å². The van der Waals surface area contributed by atoms with E-state index >= 15 is 0 Å². The van der Waals surface area contributed by atoms with Gasteiger partial charge in [-0.3, -0.25) is 9.59 Å². The number of ether oxygens (including phenoxy) is 1. The van der Waals surface area contributed by atoms with E-state index in [1.165, 1.54) is 31.2 Å². The van der Waals surface area contributed by atoms with Crippen LogP contribution >= 0.6 is 0 Å². The van der Waals surface area contributed by atoms with Crippen LogP contribution in [0.25, 0.3) is 0 Å². The summed E-state index contributed by atoms with van der Waals surface area (Å²) in [5.74, 6) is -1.19. The number of ketones is 1. The number of hydrogen-bond donors (Lipinski definition) is 1. The van der Waals surface area contributed by atoms with E-state index < -0.39 is 18.0 Å². The first-order chi connectivity index (χ1) is 9.76. The first-order valence-corrected chi connectivity index (χ1v) is 6.55. The predicted molar refractivity (Wildman–Crippen MR) is 72.4 cm³/mol. The highest BCUT2D eigenvalue weighted by Gasteiger charge is 2.33. The molecule has 21 heavy (non-hydrogen) atoms. The molecule has 0 unspecified atom stereocenters. The van der Waals surface area contributed by atoms with Gasteiger partial charge in [-0.2, -0.15) is 8.78 Å². The standard InChI is InChI=1S/C15H18F2O4/c1-3-15(2,13(19)20)9-11(18)8-10-4-6-12(7-5-10)21-14(16)17/h4-7,14H,3,8-9H2,1-2H3,(H,19,20)/t15-/m0/s1. The molecular formula is C15H18F2O4. The third-order valence-corrected chi connectivity index (χ3v) is 3.43. The molecule has 0 saturated heterocycles. The number of benzene rings is 1. The molecule has 0 aliphatic rings. The molecule has 0 aliphatic heterocycles. The maximum Gasteiger partial charge on any atom is 0.387 e. The summed E-state index contributed by atoms with van der Waals surface area (Å²) in [4.78, 5) is 23.1. The number of aliphatic carboxylic acids is 1. The molecule has 4 nitrogen and oxygen atoms in total. The van der Waals surface area contributed by atoms with Crippen molar-refractivity contribution in [1.82, 2.24) is 0 Å². The van der Waals surface area contributed by atoms with E-state index in [0.717, 1.165) is 0 Å². The van der Waals surface area contributed by atoms with Crippen molar-refractivity contribution in [3.05, 3.63) is 29.8 Å². The maximum absolute atomic E-state index is 12.0. The Bertz CT molecular complexity index is 499. The van der Waals surface area contributed by atoms with Crippen LogP contribution < -0.4 is 4.74 Å². The number of halogens is 2. The third kappa shape index (κ3) is 5.13. The van der Waals surface area contributed by atoms with Gasteiger partial charge in [0.2, 0.25) is 0 Å². The van der Waals surface area contributed by atoms with Gasteiger partial charge in [-0.25, -0.2) is 0 Å². The van der Waals surface area contributed by atoms with Crippen molar-refractivity contribution in [2.24, 2.45) is 5.41 Å². The Hall–Kier alpha value is -1.98. The summed E-state index contributed by atoms with van der Waals surface area (Å²) in [6.45, 7) is 0.364. The molecule has 0 fully saturated rings. The first-order valence-electron chi connectivity index (χ1n) is 6.55. The van der Waals surface area contributed by atoms with E-state index in [1.807, 2.05) is 0 Å². The molecule has 1 N–H and O–H groups in total. The van der Waals surface area contributed by atoms with Gasteiger partial charge >= 0.3 is 12.6 Å². The Labute approximate surface area is 121 Å². The molecule has 1 atom stereocenters. The number of alkyl halides is 2. The van der Waals surface area contributed by atoms with E-state index in [9.17, 15) is 18.4 Å². The summed E-state index contributed by atoms with van der Waals surface area (Å²) in [5.41, 5.74) is -0.444. The second-order valence-electron chi connectivity index (χ2n) is 5.13. The Morgan fingerprint density at radius 3 is 2.29 bits per heavy atom. The smallest absolute Gasteiger partial charge is 0.387 e. The van der Waals surface area contributed by atoms with Gasteiger partial charge in [0, 0.05) is 12.8 Å². The minimum Gasteiger partial charge on any atom is -0.481 e. The Kier molecular flexibility index (Phi) is 5.81. The molecule has 1 aromatic rings. The van der Waals surface area contributed by atoms with Crippen LogP contribution in [-0.2, 0) is 16.0 Å². The lowest BCUT2D eigenvalue weighted by atomic mass is 9.81. The highest BCUT2D eigenvalue weighted by Crippen LogP contribution is 2.27. The third-order valence-electron chi connectivity index (χ3n) is 3.43. The van der Waals surface area contributed by atoms with Crippen LogP contribution in [0, 0.1) is 5.41 Å². The van der Waals surface area contributed by atoms with E-state index in [-0.39, 0.29) is 24.4 Å². The molecule has 0 bridgehead atoms. The number of carboxylic acid groups (broad SMARTS) is 1. The summed E-state index contributed by atoms with van der Waals surface area (Å²) in [6.07, 6.45) is 0.362. The Balaban J connectivity index is 2.65. The number of carboxylic acids is 1. The highest BCUT2D eigenvalue weighted by atomic mass is 19.3. The first kappa shape index (κ1) is 17.1. The fraction of sp³-hybridized carbons (Fsp3) is 0.467. The predicted octanol–water partition coefficient (Wildman–Crippen LogP) is 3.29. The maximum atomic E-state index is 12.0. The summed E-state index contributed by atoms with van der Waals surface area (Å²) in [7, 11) is 0. The number of carbonyl (C=O) groups excluding carboxylic acids is 1. The average molecular weight is 300 g/mol. The molecule has 0 aromatic heterocycles. The number of hydrogen-bond acceptors (Lipinski definition) is 3. The normalized spacial score (nSPS) is 13.8. The quantitative estimate of drug-likeness (QED) is 0.800. The van der Waals surface area contributed by atoms with Gasteiger partial charge in [0.05, 0.1) is 5.41 Å². The minimum absolute atomic E-state index is 0.0186. The molecule has 0 heterocycles. The van der Waals surface area contributed by atoms with E-state index in [0.29, 0.717) is 12.0 Å². The minimum atomic E-state index is -2.89. The summed E-state index contributed by atoms with van der Waals surface area (Å²) in [6, 6.07) is 5.73. The summed E-state index contributed by atoms with van der Waals surface area (Å²) in [5, 5.41) is 9.13. The fourth-order valence-electron chi connectivity index (χ4n) is 1.87. The van der Waals surface area contributed by atoms with Crippen molar-refractivity contribution >= 4 is 11.8 Å². The molecule has 0 aliphatic carbocycles. The van der Waals surface area contributed by atoms with Crippen molar-refractivity contribution in [3.63, 3.8) is 0 Å². The second kappa shape index (κ2) is 7.15. The van der Waals surface area contributed by atoms with Gasteiger partial charge < -0.3 is 9.84 Å². The monoisotopic (exact) mass is 300 g/mol. The van der Waals surface area contributed by atoms with E-state index in [1.54, 1.807) is 6.92 Å². The number of carbonyl (C=O) groups is 2. The molecule has 0 amide bonds. The van der Waals surface area contributed by atoms with Crippen LogP contribution in [0.2, 0.25) is 0 Å². The molecular weight excluding hydrogens is 282 g/mol. The molecule has 0 spiro atoms. The SMILES string of the molecule is CC[C@@](C)(CC(=O)Cc1ccc(OC(F)F)cc1)C(=O)O. The summed E-state index contributed by atoms with van der Waals surface area (Å²) < 4.78 is 28.2. The van der Waals surface area contributed by atoms with Crippen LogP contribution in [0.4, 0.5) is 8.78 Å².